The SMILES string of the molecule is CCc1ccc(NC(=O)c2cc3ccccc3[nH]c2=O)cc1. The van der Waals surface area contributed by atoms with Crippen molar-refractivity contribution in [3.8, 4) is 0 Å². The lowest BCUT2D eigenvalue weighted by Gasteiger charge is -2.06. The summed E-state index contributed by atoms with van der Waals surface area (Å²) in [5.41, 5.74) is 2.31. The largest absolute Gasteiger partial charge is 0.322 e. The van der Waals surface area contributed by atoms with Gasteiger partial charge in [-0.2, -0.15) is 0 Å². The molecule has 1 amide bonds. The standard InChI is InChI=1S/C18H16N2O2/c1-2-12-7-9-14(10-8-12)19-17(21)15-11-13-5-3-4-6-16(13)20-18(15)22/h3-11H,2H2,1H3,(H,19,21)(H,20,22). The summed E-state index contributed by atoms with van der Waals surface area (Å²) in [4.78, 5) is 27.1. The van der Waals surface area contributed by atoms with Crippen molar-refractivity contribution in [1.29, 1.82) is 0 Å². The zero-order valence-electron chi connectivity index (χ0n) is 12.2. The van der Waals surface area contributed by atoms with Gasteiger partial charge < -0.3 is 10.3 Å². The van der Waals surface area contributed by atoms with Crippen LogP contribution in [-0.2, 0) is 6.42 Å². The Labute approximate surface area is 127 Å². The smallest absolute Gasteiger partial charge is 0.261 e. The molecular weight excluding hydrogens is 276 g/mol. The number of hydrogen-bond acceptors (Lipinski definition) is 2. The number of carbonyl (C=O) groups is 1. The van der Waals surface area contributed by atoms with Crippen molar-refractivity contribution in [2.75, 3.05) is 5.32 Å². The maximum atomic E-state index is 12.3. The summed E-state index contributed by atoms with van der Waals surface area (Å²) in [7, 11) is 0. The number of benzene rings is 2. The molecule has 0 atom stereocenters. The van der Waals surface area contributed by atoms with E-state index in [4.69, 9.17) is 0 Å². The van der Waals surface area contributed by atoms with E-state index in [0.29, 0.717) is 5.69 Å². The van der Waals surface area contributed by atoms with Gasteiger partial charge in [0.1, 0.15) is 5.56 Å². The van der Waals surface area contributed by atoms with Crippen molar-refractivity contribution in [2.45, 2.75) is 13.3 Å². The second-order valence-corrected chi connectivity index (χ2v) is 5.10. The maximum absolute atomic E-state index is 12.3. The number of nitrogens with one attached hydrogen (secondary N) is 2. The fourth-order valence-electron chi connectivity index (χ4n) is 2.34. The molecule has 0 saturated carbocycles. The molecule has 0 aliphatic rings. The molecule has 0 unspecified atom stereocenters. The van der Waals surface area contributed by atoms with E-state index in [-0.39, 0.29) is 11.1 Å². The molecular formula is C18H16N2O2. The van der Waals surface area contributed by atoms with Crippen LogP contribution in [0.5, 0.6) is 0 Å². The van der Waals surface area contributed by atoms with Gasteiger partial charge in [0.2, 0.25) is 0 Å². The molecule has 3 rings (SSSR count). The molecule has 0 fully saturated rings. The summed E-state index contributed by atoms with van der Waals surface area (Å²) < 4.78 is 0. The molecule has 0 radical (unpaired) electrons. The number of aryl methyl sites for hydroxylation is 1. The van der Waals surface area contributed by atoms with Crippen LogP contribution in [-0.4, -0.2) is 10.9 Å². The van der Waals surface area contributed by atoms with Crippen LogP contribution in [0.3, 0.4) is 0 Å². The number of rotatable bonds is 3. The number of para-hydroxylation sites is 1. The Morgan fingerprint density at radius 3 is 2.55 bits per heavy atom. The number of hydrogen-bond donors (Lipinski definition) is 2. The molecule has 2 aromatic carbocycles. The molecule has 4 heteroatoms. The van der Waals surface area contributed by atoms with E-state index in [0.717, 1.165) is 17.3 Å². The fraction of sp³-hybridized carbons (Fsp3) is 0.111. The van der Waals surface area contributed by atoms with Gasteiger partial charge in [-0.15, -0.1) is 0 Å². The quantitative estimate of drug-likeness (QED) is 0.777. The summed E-state index contributed by atoms with van der Waals surface area (Å²) in [6.45, 7) is 2.07. The lowest BCUT2D eigenvalue weighted by atomic mass is 10.1. The highest BCUT2D eigenvalue weighted by molar-refractivity contribution is 6.05. The third kappa shape index (κ3) is 2.76. The lowest BCUT2D eigenvalue weighted by molar-refractivity contribution is 0.102. The van der Waals surface area contributed by atoms with Crippen LogP contribution in [0, 0.1) is 0 Å². The molecule has 0 aliphatic heterocycles. The van der Waals surface area contributed by atoms with Crippen molar-refractivity contribution in [1.82, 2.24) is 4.98 Å². The van der Waals surface area contributed by atoms with Gasteiger partial charge in [0.15, 0.2) is 0 Å². The van der Waals surface area contributed by atoms with Crippen molar-refractivity contribution in [2.24, 2.45) is 0 Å². The van der Waals surface area contributed by atoms with Gasteiger partial charge in [-0.25, -0.2) is 0 Å². The van der Waals surface area contributed by atoms with E-state index in [1.165, 1.54) is 5.56 Å². The van der Waals surface area contributed by atoms with Crippen molar-refractivity contribution in [3.63, 3.8) is 0 Å². The molecule has 3 aromatic rings. The molecule has 1 heterocycles. The highest BCUT2D eigenvalue weighted by atomic mass is 16.2. The first kappa shape index (κ1) is 14.1. The number of anilines is 1. The third-order valence-electron chi connectivity index (χ3n) is 3.62. The molecule has 0 saturated heterocycles. The number of pyridine rings is 1. The molecule has 0 aliphatic carbocycles. The number of carbonyl (C=O) groups excluding carboxylic acids is 1. The Balaban J connectivity index is 1.91. The third-order valence-corrected chi connectivity index (χ3v) is 3.62. The number of fused-ring (bicyclic) bond motifs is 1. The summed E-state index contributed by atoms with van der Waals surface area (Å²) >= 11 is 0. The topological polar surface area (TPSA) is 62.0 Å². The summed E-state index contributed by atoms with van der Waals surface area (Å²) in [6, 6.07) is 16.6. The minimum absolute atomic E-state index is 0.110. The first-order valence-corrected chi connectivity index (χ1v) is 7.19. The summed E-state index contributed by atoms with van der Waals surface area (Å²) in [6.07, 6.45) is 0.943. The van der Waals surface area contributed by atoms with Gasteiger partial charge in [-0.3, -0.25) is 9.59 Å². The van der Waals surface area contributed by atoms with Gasteiger partial charge in [0.25, 0.3) is 11.5 Å². The average molecular weight is 292 g/mol. The summed E-state index contributed by atoms with van der Waals surface area (Å²) in [5, 5.41) is 3.58. The monoisotopic (exact) mass is 292 g/mol. The van der Waals surface area contributed by atoms with Crippen molar-refractivity contribution >= 4 is 22.5 Å². The van der Waals surface area contributed by atoms with Gasteiger partial charge in [-0.1, -0.05) is 37.3 Å². The Hall–Kier alpha value is -2.88. The van der Waals surface area contributed by atoms with Crippen LogP contribution in [0.4, 0.5) is 5.69 Å². The van der Waals surface area contributed by atoms with Crippen LogP contribution in [0.15, 0.2) is 59.4 Å². The molecule has 2 N–H and O–H groups in total. The molecule has 110 valence electrons. The Morgan fingerprint density at radius 2 is 1.82 bits per heavy atom. The molecule has 22 heavy (non-hydrogen) atoms. The molecule has 1 aromatic heterocycles. The minimum atomic E-state index is -0.406. The minimum Gasteiger partial charge on any atom is -0.322 e. The van der Waals surface area contributed by atoms with Gasteiger partial charge in [0.05, 0.1) is 0 Å². The van der Waals surface area contributed by atoms with Crippen LogP contribution in [0.2, 0.25) is 0 Å². The van der Waals surface area contributed by atoms with Crippen LogP contribution < -0.4 is 10.9 Å². The van der Waals surface area contributed by atoms with E-state index < -0.39 is 5.91 Å². The predicted molar refractivity (Wildman–Crippen MR) is 88.3 cm³/mol. The van der Waals surface area contributed by atoms with Gasteiger partial charge in [0, 0.05) is 11.2 Å². The lowest BCUT2D eigenvalue weighted by Crippen LogP contribution is -2.23. The van der Waals surface area contributed by atoms with E-state index >= 15 is 0 Å². The highest BCUT2D eigenvalue weighted by Crippen LogP contribution is 2.13. The summed E-state index contributed by atoms with van der Waals surface area (Å²) in [5.74, 6) is -0.406. The van der Waals surface area contributed by atoms with E-state index in [1.807, 2.05) is 48.5 Å². The number of aromatic amines is 1. The van der Waals surface area contributed by atoms with E-state index in [2.05, 4.69) is 17.2 Å². The fourth-order valence-corrected chi connectivity index (χ4v) is 2.34. The first-order chi connectivity index (χ1) is 10.7. The van der Waals surface area contributed by atoms with Crippen LogP contribution >= 0.6 is 0 Å². The number of amides is 1. The zero-order chi connectivity index (χ0) is 15.5. The maximum Gasteiger partial charge on any atom is 0.261 e. The molecule has 0 bridgehead atoms. The second-order valence-electron chi connectivity index (χ2n) is 5.10. The van der Waals surface area contributed by atoms with Crippen molar-refractivity contribution < 1.29 is 4.79 Å². The van der Waals surface area contributed by atoms with Crippen LogP contribution in [0.25, 0.3) is 10.9 Å². The first-order valence-electron chi connectivity index (χ1n) is 7.19. The van der Waals surface area contributed by atoms with Gasteiger partial charge >= 0.3 is 0 Å². The average Bonchev–Trinajstić information content (AvgIpc) is 2.54. The van der Waals surface area contributed by atoms with E-state index in [1.54, 1.807) is 6.07 Å². The van der Waals surface area contributed by atoms with Crippen molar-refractivity contribution in [3.05, 3.63) is 76.1 Å². The predicted octanol–water partition coefficient (Wildman–Crippen LogP) is 3.34. The Kier molecular flexibility index (Phi) is 3.74. The highest BCUT2D eigenvalue weighted by Gasteiger charge is 2.12. The molecule has 0 spiro atoms. The van der Waals surface area contributed by atoms with Crippen LogP contribution in [0.1, 0.15) is 22.8 Å². The second kappa shape index (κ2) is 5.85. The molecule has 4 nitrogen and oxygen atoms in total. The number of aromatic nitrogens is 1. The van der Waals surface area contributed by atoms with E-state index in [9.17, 15) is 9.59 Å². The Morgan fingerprint density at radius 1 is 1.09 bits per heavy atom. The zero-order valence-corrected chi connectivity index (χ0v) is 12.2. The Bertz CT molecular complexity index is 879. The van der Waals surface area contributed by atoms with Gasteiger partial charge in [-0.05, 0) is 41.6 Å². The number of H-pyrrole nitrogens is 1. The normalized spacial score (nSPS) is 10.6.